The fraction of sp³-hybridized carbons (Fsp3) is 0.0909. The van der Waals surface area contributed by atoms with Crippen LogP contribution in [0.5, 0.6) is 0 Å². The van der Waals surface area contributed by atoms with Crippen molar-refractivity contribution in [1.29, 1.82) is 0 Å². The molecule has 1 saturated heterocycles. The average Bonchev–Trinajstić information content (AvgIpc) is 3.50. The van der Waals surface area contributed by atoms with E-state index < -0.39 is 6.29 Å². The first-order chi connectivity index (χ1) is 18.2. The van der Waals surface area contributed by atoms with Gasteiger partial charge in [-0.15, -0.1) is 0 Å². The summed E-state index contributed by atoms with van der Waals surface area (Å²) in [5.74, 6) is -0.308. The van der Waals surface area contributed by atoms with Crippen LogP contribution in [0.3, 0.4) is 0 Å². The molecule has 1 fully saturated rings. The third-order valence-electron chi connectivity index (χ3n) is 7.22. The lowest BCUT2D eigenvalue weighted by atomic mass is 9.74. The van der Waals surface area contributed by atoms with Crippen molar-refractivity contribution >= 4 is 22.3 Å². The lowest BCUT2D eigenvalue weighted by Gasteiger charge is -2.26. The van der Waals surface area contributed by atoms with Gasteiger partial charge in [-0.2, -0.15) is 0 Å². The van der Waals surface area contributed by atoms with Crippen molar-refractivity contribution in [3.8, 4) is 22.3 Å². The molecule has 0 spiro atoms. The smallest absolute Gasteiger partial charge is 0.195 e. The number of fused-ring (bicyclic) bond motifs is 3. The number of carbonyl (C=O) groups excluding carboxylic acids is 2. The second kappa shape index (κ2) is 8.63. The highest BCUT2D eigenvalue weighted by molar-refractivity contribution is 6.35. The van der Waals surface area contributed by atoms with Gasteiger partial charge in [-0.25, -0.2) is 0 Å². The molecule has 0 amide bonds. The van der Waals surface area contributed by atoms with E-state index in [1.807, 2.05) is 91.0 Å². The van der Waals surface area contributed by atoms with E-state index in [2.05, 4.69) is 0 Å². The largest absolute Gasteiger partial charge is 0.346 e. The maximum absolute atomic E-state index is 14.4. The molecule has 5 aromatic rings. The Bertz CT molecular complexity index is 1700. The SMILES string of the molecule is O=C1c2ccc(C3OCCO3)cc2C(=O)c2c1c(-c1ccccc1)c1ccccc1c2-c1ccccc1. The quantitative estimate of drug-likeness (QED) is 0.273. The van der Waals surface area contributed by atoms with Gasteiger partial charge in [-0.1, -0.05) is 91.0 Å². The molecular weight excluding hydrogens is 460 g/mol. The Hall–Kier alpha value is -4.38. The summed E-state index contributed by atoms with van der Waals surface area (Å²) in [5.41, 5.74) is 5.84. The summed E-state index contributed by atoms with van der Waals surface area (Å²) in [7, 11) is 0. The summed E-state index contributed by atoms with van der Waals surface area (Å²) in [6.45, 7) is 1.00. The van der Waals surface area contributed by atoms with Gasteiger partial charge in [-0.3, -0.25) is 9.59 Å². The van der Waals surface area contributed by atoms with E-state index in [0.717, 1.165) is 38.6 Å². The van der Waals surface area contributed by atoms with Crippen molar-refractivity contribution in [2.75, 3.05) is 13.2 Å². The standard InChI is InChI=1S/C33H22O4/c34-31-25-16-15-22(33-36-17-18-37-33)19-26(25)32(35)30-28(21-11-5-2-6-12-21)24-14-8-7-13-23(24)27(29(30)31)20-9-3-1-4-10-20/h1-16,19,33H,17-18H2. The number of rotatable bonds is 3. The van der Waals surface area contributed by atoms with Gasteiger partial charge in [0.1, 0.15) is 0 Å². The minimum Gasteiger partial charge on any atom is -0.346 e. The molecule has 178 valence electrons. The highest BCUT2D eigenvalue weighted by Gasteiger charge is 2.37. The molecule has 0 N–H and O–H groups in total. The number of carbonyl (C=O) groups is 2. The van der Waals surface area contributed by atoms with Gasteiger partial charge < -0.3 is 9.47 Å². The average molecular weight is 483 g/mol. The van der Waals surface area contributed by atoms with Crippen LogP contribution >= 0.6 is 0 Å². The van der Waals surface area contributed by atoms with Crippen molar-refractivity contribution < 1.29 is 19.1 Å². The molecule has 1 heterocycles. The topological polar surface area (TPSA) is 52.6 Å². The molecule has 2 aliphatic rings. The second-order valence-electron chi connectivity index (χ2n) is 9.31. The molecule has 1 aliphatic heterocycles. The zero-order valence-electron chi connectivity index (χ0n) is 19.9. The van der Waals surface area contributed by atoms with Crippen molar-refractivity contribution in [3.63, 3.8) is 0 Å². The van der Waals surface area contributed by atoms with Crippen LogP contribution in [0, 0.1) is 0 Å². The Morgan fingerprint density at radius 3 is 1.54 bits per heavy atom. The molecule has 1 aliphatic carbocycles. The molecule has 37 heavy (non-hydrogen) atoms. The first-order valence-corrected chi connectivity index (χ1v) is 12.4. The van der Waals surface area contributed by atoms with E-state index in [0.29, 0.717) is 35.5 Å². The van der Waals surface area contributed by atoms with Gasteiger partial charge in [-0.05, 0) is 34.0 Å². The summed E-state index contributed by atoms with van der Waals surface area (Å²) in [6, 6.07) is 33.1. The molecule has 5 aromatic carbocycles. The van der Waals surface area contributed by atoms with E-state index >= 15 is 0 Å². The van der Waals surface area contributed by atoms with Crippen LogP contribution in [-0.4, -0.2) is 24.8 Å². The zero-order valence-corrected chi connectivity index (χ0v) is 19.9. The fourth-order valence-corrected chi connectivity index (χ4v) is 5.62. The summed E-state index contributed by atoms with van der Waals surface area (Å²) in [6.07, 6.45) is -0.528. The maximum atomic E-state index is 14.4. The van der Waals surface area contributed by atoms with Crippen LogP contribution in [0.15, 0.2) is 103 Å². The minimum absolute atomic E-state index is 0.147. The number of benzene rings is 5. The van der Waals surface area contributed by atoms with Crippen LogP contribution < -0.4 is 0 Å². The van der Waals surface area contributed by atoms with Crippen LogP contribution in [0.4, 0.5) is 0 Å². The molecular formula is C33H22O4. The third-order valence-corrected chi connectivity index (χ3v) is 7.22. The molecule has 0 unspecified atom stereocenters. The van der Waals surface area contributed by atoms with Gasteiger partial charge in [0, 0.05) is 38.9 Å². The predicted octanol–water partition coefficient (Wildman–Crippen LogP) is 6.99. The summed E-state index contributed by atoms with van der Waals surface area (Å²) in [4.78, 5) is 28.7. The third kappa shape index (κ3) is 3.38. The first-order valence-electron chi connectivity index (χ1n) is 12.4. The van der Waals surface area contributed by atoms with Gasteiger partial charge in [0.05, 0.1) is 13.2 Å². The van der Waals surface area contributed by atoms with Gasteiger partial charge in [0.25, 0.3) is 0 Å². The summed E-state index contributed by atoms with van der Waals surface area (Å²) < 4.78 is 11.3. The molecule has 0 radical (unpaired) electrons. The van der Waals surface area contributed by atoms with Crippen molar-refractivity contribution in [2.24, 2.45) is 0 Å². The Balaban J connectivity index is 1.59. The molecule has 4 nitrogen and oxygen atoms in total. The maximum Gasteiger partial charge on any atom is 0.195 e. The monoisotopic (exact) mass is 482 g/mol. The molecule has 7 rings (SSSR count). The normalized spacial score (nSPS) is 15.1. The molecule has 0 aromatic heterocycles. The first kappa shape index (κ1) is 21.9. The van der Waals surface area contributed by atoms with Gasteiger partial charge in [0.2, 0.25) is 0 Å². The summed E-state index contributed by atoms with van der Waals surface area (Å²) >= 11 is 0. The Morgan fingerprint density at radius 2 is 1.00 bits per heavy atom. The predicted molar refractivity (Wildman–Crippen MR) is 143 cm³/mol. The highest BCUT2D eigenvalue weighted by atomic mass is 16.7. The highest BCUT2D eigenvalue weighted by Crippen LogP contribution is 2.46. The van der Waals surface area contributed by atoms with Gasteiger partial charge >= 0.3 is 0 Å². The molecule has 0 atom stereocenters. The van der Waals surface area contributed by atoms with E-state index in [4.69, 9.17) is 9.47 Å². The van der Waals surface area contributed by atoms with E-state index in [-0.39, 0.29) is 11.6 Å². The fourth-order valence-electron chi connectivity index (χ4n) is 5.62. The lowest BCUT2D eigenvalue weighted by Crippen LogP contribution is -2.24. The number of hydrogen-bond donors (Lipinski definition) is 0. The molecule has 0 saturated carbocycles. The van der Waals surface area contributed by atoms with Crippen LogP contribution in [0.1, 0.15) is 43.7 Å². The number of ether oxygens (including phenoxy) is 2. The van der Waals surface area contributed by atoms with Crippen LogP contribution in [0.2, 0.25) is 0 Å². The number of ketones is 2. The van der Waals surface area contributed by atoms with Crippen molar-refractivity contribution in [1.82, 2.24) is 0 Å². The Kier molecular flexibility index (Phi) is 5.10. The number of hydrogen-bond acceptors (Lipinski definition) is 4. The Morgan fingerprint density at radius 1 is 0.514 bits per heavy atom. The molecule has 4 heteroatoms. The van der Waals surface area contributed by atoms with E-state index in [1.165, 1.54) is 0 Å². The molecule has 0 bridgehead atoms. The van der Waals surface area contributed by atoms with Crippen LogP contribution in [0.25, 0.3) is 33.0 Å². The van der Waals surface area contributed by atoms with Gasteiger partial charge in [0.15, 0.2) is 17.9 Å². The van der Waals surface area contributed by atoms with Crippen LogP contribution in [-0.2, 0) is 9.47 Å². The van der Waals surface area contributed by atoms with E-state index in [9.17, 15) is 9.59 Å². The summed E-state index contributed by atoms with van der Waals surface area (Å²) in [5, 5.41) is 1.88. The lowest BCUT2D eigenvalue weighted by molar-refractivity contribution is -0.0441. The minimum atomic E-state index is -0.528. The zero-order chi connectivity index (χ0) is 24.9. The van der Waals surface area contributed by atoms with E-state index in [1.54, 1.807) is 12.1 Å². The van der Waals surface area contributed by atoms with Crippen molar-refractivity contribution in [3.05, 3.63) is 131 Å². The van der Waals surface area contributed by atoms with Crippen molar-refractivity contribution in [2.45, 2.75) is 6.29 Å². The Labute approximate surface area is 214 Å². The second-order valence-corrected chi connectivity index (χ2v) is 9.31.